The molecular weight excluding hydrogens is 314 g/mol. The van der Waals surface area contributed by atoms with Crippen molar-refractivity contribution in [1.82, 2.24) is 24.4 Å². The molecule has 2 saturated heterocycles. The van der Waals surface area contributed by atoms with Crippen molar-refractivity contribution in [3.8, 4) is 0 Å². The summed E-state index contributed by atoms with van der Waals surface area (Å²) in [7, 11) is 0. The summed E-state index contributed by atoms with van der Waals surface area (Å²) in [5, 5.41) is 8.76. The van der Waals surface area contributed by atoms with Crippen LogP contribution in [0.25, 0.3) is 5.65 Å². The van der Waals surface area contributed by atoms with Gasteiger partial charge in [-0.3, -0.25) is 9.20 Å². The highest BCUT2D eigenvalue weighted by atomic mass is 16.2. The molecule has 2 aliphatic heterocycles. The molecule has 0 radical (unpaired) electrons. The van der Waals surface area contributed by atoms with E-state index in [2.05, 4.69) is 28.9 Å². The van der Waals surface area contributed by atoms with Gasteiger partial charge in [-0.25, -0.2) is 0 Å². The number of fused-ring (bicyclic) bond motifs is 1. The number of hydrogen-bond acceptors (Lipinski definition) is 4. The largest absolute Gasteiger partial charge is 0.339 e. The standard InChI is InChI=1S/C19H27N5O/c1-14(2)23-11-8-15(12-23)18-21-20-17-7-6-16(13-24(17)18)19(25)22-9-4-3-5-10-22/h6-7,13-15H,3-5,8-12H2,1-2H3. The Morgan fingerprint density at radius 3 is 2.64 bits per heavy atom. The number of carbonyl (C=O) groups excluding carboxylic acids is 1. The molecule has 0 saturated carbocycles. The summed E-state index contributed by atoms with van der Waals surface area (Å²) >= 11 is 0. The fraction of sp³-hybridized carbons (Fsp3) is 0.632. The minimum Gasteiger partial charge on any atom is -0.339 e. The van der Waals surface area contributed by atoms with Crippen LogP contribution in [0.5, 0.6) is 0 Å². The maximum absolute atomic E-state index is 12.8. The summed E-state index contributed by atoms with van der Waals surface area (Å²) in [6.45, 7) is 8.33. The molecule has 0 aliphatic carbocycles. The first-order valence-corrected chi connectivity index (χ1v) is 9.51. The maximum atomic E-state index is 12.8. The molecule has 2 aromatic rings. The average molecular weight is 341 g/mol. The van der Waals surface area contributed by atoms with Crippen LogP contribution in [-0.4, -0.2) is 62.5 Å². The summed E-state index contributed by atoms with van der Waals surface area (Å²) in [5.74, 6) is 1.51. The van der Waals surface area contributed by atoms with Gasteiger partial charge in [-0.2, -0.15) is 0 Å². The van der Waals surface area contributed by atoms with E-state index in [4.69, 9.17) is 0 Å². The molecule has 4 rings (SSSR count). The summed E-state index contributed by atoms with van der Waals surface area (Å²) in [6.07, 6.45) is 6.49. The summed E-state index contributed by atoms with van der Waals surface area (Å²) in [5.41, 5.74) is 1.57. The number of aromatic nitrogens is 3. The number of hydrogen-bond donors (Lipinski definition) is 0. The summed E-state index contributed by atoms with van der Waals surface area (Å²) < 4.78 is 2.03. The zero-order valence-corrected chi connectivity index (χ0v) is 15.2. The minimum atomic E-state index is 0.136. The Morgan fingerprint density at radius 2 is 1.92 bits per heavy atom. The first-order valence-electron chi connectivity index (χ1n) is 9.51. The van der Waals surface area contributed by atoms with Gasteiger partial charge in [0.15, 0.2) is 5.65 Å². The lowest BCUT2D eigenvalue weighted by molar-refractivity contribution is 0.0724. The molecule has 0 bridgehead atoms. The SMILES string of the molecule is CC(C)N1CCC(c2nnc3ccc(C(=O)N4CCCCC4)cn23)C1. The average Bonchev–Trinajstić information content (AvgIpc) is 3.28. The predicted molar refractivity (Wildman–Crippen MR) is 96.8 cm³/mol. The Kier molecular flexibility index (Phi) is 4.46. The van der Waals surface area contributed by atoms with Crippen LogP contribution in [-0.2, 0) is 0 Å². The molecule has 6 nitrogen and oxygen atoms in total. The summed E-state index contributed by atoms with van der Waals surface area (Å²) in [6, 6.07) is 4.36. The second-order valence-electron chi connectivity index (χ2n) is 7.63. The number of likely N-dealkylation sites (tertiary alicyclic amines) is 2. The minimum absolute atomic E-state index is 0.136. The van der Waals surface area contributed by atoms with Crippen molar-refractivity contribution in [2.75, 3.05) is 26.2 Å². The fourth-order valence-corrected chi connectivity index (χ4v) is 4.06. The highest BCUT2D eigenvalue weighted by molar-refractivity contribution is 5.94. The van der Waals surface area contributed by atoms with Crippen molar-refractivity contribution in [2.24, 2.45) is 0 Å². The second-order valence-corrected chi connectivity index (χ2v) is 7.63. The van der Waals surface area contributed by atoms with E-state index < -0.39 is 0 Å². The lowest BCUT2D eigenvalue weighted by Gasteiger charge is -2.26. The Morgan fingerprint density at radius 1 is 1.12 bits per heavy atom. The molecule has 1 unspecified atom stereocenters. The van der Waals surface area contributed by atoms with Crippen LogP contribution in [0, 0.1) is 0 Å². The molecule has 2 aromatic heterocycles. The molecule has 4 heterocycles. The zero-order valence-electron chi connectivity index (χ0n) is 15.2. The first-order chi connectivity index (χ1) is 12.1. The Hall–Kier alpha value is -1.95. The van der Waals surface area contributed by atoms with Gasteiger partial charge in [0.25, 0.3) is 5.91 Å². The smallest absolute Gasteiger partial charge is 0.255 e. The predicted octanol–water partition coefficient (Wildman–Crippen LogP) is 2.55. The van der Waals surface area contributed by atoms with E-state index in [-0.39, 0.29) is 5.91 Å². The van der Waals surface area contributed by atoms with Crippen molar-refractivity contribution >= 4 is 11.6 Å². The maximum Gasteiger partial charge on any atom is 0.255 e. The topological polar surface area (TPSA) is 53.7 Å². The van der Waals surface area contributed by atoms with Gasteiger partial charge >= 0.3 is 0 Å². The van der Waals surface area contributed by atoms with Crippen molar-refractivity contribution in [2.45, 2.75) is 51.5 Å². The molecule has 1 amide bonds. The number of pyridine rings is 1. The van der Waals surface area contributed by atoms with Crippen molar-refractivity contribution in [1.29, 1.82) is 0 Å². The van der Waals surface area contributed by atoms with Crippen LogP contribution in [0.1, 0.15) is 61.6 Å². The Balaban J connectivity index is 1.60. The van der Waals surface area contributed by atoms with E-state index in [0.717, 1.165) is 62.5 Å². The lowest BCUT2D eigenvalue weighted by atomic mass is 10.1. The monoisotopic (exact) mass is 341 g/mol. The molecule has 134 valence electrons. The molecule has 25 heavy (non-hydrogen) atoms. The molecule has 2 aliphatic rings. The quantitative estimate of drug-likeness (QED) is 0.861. The van der Waals surface area contributed by atoms with Crippen LogP contribution >= 0.6 is 0 Å². The van der Waals surface area contributed by atoms with Gasteiger partial charge in [-0.05, 0) is 58.2 Å². The van der Waals surface area contributed by atoms with Gasteiger partial charge in [-0.15, -0.1) is 10.2 Å². The number of piperidine rings is 1. The van der Waals surface area contributed by atoms with Crippen molar-refractivity contribution in [3.63, 3.8) is 0 Å². The van der Waals surface area contributed by atoms with Crippen LogP contribution in [0.2, 0.25) is 0 Å². The van der Waals surface area contributed by atoms with Crippen LogP contribution in [0.3, 0.4) is 0 Å². The van der Waals surface area contributed by atoms with E-state index in [0.29, 0.717) is 12.0 Å². The van der Waals surface area contributed by atoms with Crippen molar-refractivity contribution in [3.05, 3.63) is 29.7 Å². The lowest BCUT2D eigenvalue weighted by Crippen LogP contribution is -2.35. The summed E-state index contributed by atoms with van der Waals surface area (Å²) in [4.78, 5) is 17.3. The van der Waals surface area contributed by atoms with E-state index in [1.54, 1.807) is 0 Å². The molecule has 0 aromatic carbocycles. The second kappa shape index (κ2) is 6.75. The molecular formula is C19H27N5O. The molecule has 6 heteroatoms. The number of nitrogens with zero attached hydrogens (tertiary/aromatic N) is 5. The van der Waals surface area contributed by atoms with Crippen LogP contribution < -0.4 is 0 Å². The van der Waals surface area contributed by atoms with Crippen LogP contribution in [0.4, 0.5) is 0 Å². The third-order valence-electron chi connectivity index (χ3n) is 5.63. The van der Waals surface area contributed by atoms with E-state index >= 15 is 0 Å². The van der Waals surface area contributed by atoms with Gasteiger partial charge in [-0.1, -0.05) is 0 Å². The fourth-order valence-electron chi connectivity index (χ4n) is 4.06. The van der Waals surface area contributed by atoms with Gasteiger partial charge in [0.05, 0.1) is 5.56 Å². The highest BCUT2D eigenvalue weighted by Gasteiger charge is 2.29. The highest BCUT2D eigenvalue weighted by Crippen LogP contribution is 2.27. The van der Waals surface area contributed by atoms with Gasteiger partial charge in [0, 0.05) is 37.8 Å². The zero-order chi connectivity index (χ0) is 17.4. The van der Waals surface area contributed by atoms with Crippen molar-refractivity contribution < 1.29 is 4.79 Å². The first kappa shape index (κ1) is 16.5. The van der Waals surface area contributed by atoms with Crippen LogP contribution in [0.15, 0.2) is 18.3 Å². The van der Waals surface area contributed by atoms with Gasteiger partial charge in [0.1, 0.15) is 5.82 Å². The molecule has 2 fully saturated rings. The van der Waals surface area contributed by atoms with E-state index in [9.17, 15) is 4.79 Å². The number of rotatable bonds is 3. The number of carbonyl (C=O) groups is 1. The van der Waals surface area contributed by atoms with Gasteiger partial charge in [0.2, 0.25) is 0 Å². The van der Waals surface area contributed by atoms with Gasteiger partial charge < -0.3 is 9.80 Å². The normalized spacial score (nSPS) is 22.2. The third kappa shape index (κ3) is 3.15. The number of amides is 1. The third-order valence-corrected chi connectivity index (χ3v) is 5.63. The van der Waals surface area contributed by atoms with E-state index in [1.807, 2.05) is 27.6 Å². The molecule has 1 atom stereocenters. The molecule has 0 N–H and O–H groups in total. The molecule has 0 spiro atoms. The van der Waals surface area contributed by atoms with E-state index in [1.165, 1.54) is 6.42 Å². The Labute approximate surface area is 148 Å². The Bertz CT molecular complexity index is 762.